The molecule has 0 aliphatic heterocycles. The number of benzene rings is 1. The van der Waals surface area contributed by atoms with Crippen LogP contribution in [0.5, 0.6) is 5.75 Å². The number of rotatable bonds is 1. The molecular formula is C8H9O-. The summed E-state index contributed by atoms with van der Waals surface area (Å²) >= 11 is 0. The molecule has 1 heteroatoms. The van der Waals surface area contributed by atoms with Crippen molar-refractivity contribution in [3.8, 4) is 5.75 Å². The Balaban J connectivity index is 2.88. The van der Waals surface area contributed by atoms with Crippen LogP contribution in [0.4, 0.5) is 0 Å². The van der Waals surface area contributed by atoms with Gasteiger partial charge in [0.1, 0.15) is 0 Å². The summed E-state index contributed by atoms with van der Waals surface area (Å²) in [5, 5.41) is 0. The van der Waals surface area contributed by atoms with Gasteiger partial charge in [-0.3, -0.25) is 0 Å². The Morgan fingerprint density at radius 2 is 1.78 bits per heavy atom. The van der Waals surface area contributed by atoms with Crippen molar-refractivity contribution in [3.05, 3.63) is 36.8 Å². The maximum absolute atomic E-state index is 4.94. The van der Waals surface area contributed by atoms with E-state index >= 15 is 0 Å². The molecule has 1 rings (SSSR count). The van der Waals surface area contributed by atoms with E-state index in [0.29, 0.717) is 0 Å². The van der Waals surface area contributed by atoms with E-state index in [1.54, 1.807) is 7.11 Å². The second kappa shape index (κ2) is 2.44. The monoisotopic (exact) mass is 121 g/mol. The lowest BCUT2D eigenvalue weighted by Crippen LogP contribution is -1.80. The Morgan fingerprint density at radius 1 is 1.22 bits per heavy atom. The van der Waals surface area contributed by atoms with Gasteiger partial charge in [-0.15, -0.1) is 0 Å². The highest BCUT2D eigenvalue weighted by Gasteiger charge is 1.79. The van der Waals surface area contributed by atoms with Crippen LogP contribution in [-0.2, 0) is 0 Å². The third-order valence-electron chi connectivity index (χ3n) is 1.16. The second-order valence-corrected chi connectivity index (χ2v) is 1.85. The smallest absolute Gasteiger partial charge is 0.0943 e. The van der Waals surface area contributed by atoms with Gasteiger partial charge in [-0.2, -0.15) is 24.6 Å². The van der Waals surface area contributed by atoms with Gasteiger partial charge in [0.15, 0.2) is 0 Å². The molecule has 0 amide bonds. The molecular weight excluding hydrogens is 112 g/mol. The third-order valence-corrected chi connectivity index (χ3v) is 1.16. The van der Waals surface area contributed by atoms with E-state index in [-0.39, 0.29) is 0 Å². The van der Waals surface area contributed by atoms with Crippen molar-refractivity contribution in [3.63, 3.8) is 0 Å². The van der Waals surface area contributed by atoms with E-state index in [9.17, 15) is 0 Å². The maximum Gasteiger partial charge on any atom is 0.0943 e. The van der Waals surface area contributed by atoms with Gasteiger partial charge in [-0.25, -0.2) is 0 Å². The molecule has 0 fully saturated rings. The van der Waals surface area contributed by atoms with E-state index in [4.69, 9.17) is 4.74 Å². The lowest BCUT2D eigenvalue weighted by atomic mass is 10.2. The lowest BCUT2D eigenvalue weighted by Gasteiger charge is -2.02. The van der Waals surface area contributed by atoms with Gasteiger partial charge < -0.3 is 4.74 Å². The number of ether oxygens (including phenoxy) is 1. The zero-order chi connectivity index (χ0) is 6.69. The minimum Gasteiger partial charge on any atom is -0.499 e. The molecule has 1 nitrogen and oxygen atoms in total. The molecule has 0 atom stereocenters. The Hall–Kier alpha value is -1.11. The SMILES string of the molecule is [CH2-]c1ccc(OC)cc1. The minimum atomic E-state index is 0.877. The summed E-state index contributed by atoms with van der Waals surface area (Å²) in [4.78, 5) is 0. The average Bonchev–Trinajstić information content (AvgIpc) is 1.90. The predicted molar refractivity (Wildman–Crippen MR) is 37.5 cm³/mol. The molecule has 0 bridgehead atoms. The third kappa shape index (κ3) is 1.39. The van der Waals surface area contributed by atoms with E-state index < -0.39 is 0 Å². The van der Waals surface area contributed by atoms with Crippen LogP contribution in [0.2, 0.25) is 0 Å². The van der Waals surface area contributed by atoms with Crippen molar-refractivity contribution >= 4 is 0 Å². The molecule has 48 valence electrons. The van der Waals surface area contributed by atoms with Crippen LogP contribution < -0.4 is 4.74 Å². The highest BCUT2D eigenvalue weighted by Crippen LogP contribution is 2.09. The van der Waals surface area contributed by atoms with Gasteiger partial charge in [0.05, 0.1) is 12.9 Å². The first-order chi connectivity index (χ1) is 4.33. The van der Waals surface area contributed by atoms with Crippen LogP contribution in [0.3, 0.4) is 0 Å². The van der Waals surface area contributed by atoms with Crippen LogP contribution in [-0.4, -0.2) is 7.11 Å². The van der Waals surface area contributed by atoms with E-state index in [0.717, 1.165) is 11.3 Å². The average molecular weight is 121 g/mol. The fraction of sp³-hybridized carbons (Fsp3) is 0.125. The fourth-order valence-electron chi connectivity index (χ4n) is 0.626. The highest BCUT2D eigenvalue weighted by atomic mass is 16.5. The first kappa shape index (κ1) is 6.02. The standard InChI is InChI=1S/C8H9O/c1-7-3-5-8(9-2)6-4-7/h3-6H,1H2,2H3/q-1. The molecule has 1 aromatic carbocycles. The van der Waals surface area contributed by atoms with Crippen molar-refractivity contribution in [1.29, 1.82) is 0 Å². The van der Waals surface area contributed by atoms with Gasteiger partial charge >= 0.3 is 0 Å². The Labute approximate surface area is 55.3 Å². The summed E-state index contributed by atoms with van der Waals surface area (Å²) in [5.74, 6) is 0.877. The van der Waals surface area contributed by atoms with Crippen LogP contribution in [0, 0.1) is 6.92 Å². The summed E-state index contributed by atoms with van der Waals surface area (Å²) in [6.07, 6.45) is 0. The molecule has 0 radical (unpaired) electrons. The largest absolute Gasteiger partial charge is 0.499 e. The summed E-state index contributed by atoms with van der Waals surface area (Å²) in [7, 11) is 1.65. The molecule has 9 heavy (non-hydrogen) atoms. The Morgan fingerprint density at radius 3 is 2.22 bits per heavy atom. The molecule has 0 spiro atoms. The van der Waals surface area contributed by atoms with E-state index in [1.807, 2.05) is 24.3 Å². The van der Waals surface area contributed by atoms with Crippen molar-refractivity contribution < 1.29 is 4.74 Å². The number of hydrogen-bond acceptors (Lipinski definition) is 1. The van der Waals surface area contributed by atoms with E-state index in [2.05, 4.69) is 6.92 Å². The Kier molecular flexibility index (Phi) is 1.63. The summed E-state index contributed by atoms with van der Waals surface area (Å²) in [6, 6.07) is 7.61. The molecule has 0 aromatic heterocycles. The van der Waals surface area contributed by atoms with Crippen LogP contribution in [0.1, 0.15) is 5.56 Å². The minimum absolute atomic E-state index is 0.877. The van der Waals surface area contributed by atoms with Gasteiger partial charge in [0.2, 0.25) is 0 Å². The van der Waals surface area contributed by atoms with Crippen LogP contribution in [0.25, 0.3) is 0 Å². The fourth-order valence-corrected chi connectivity index (χ4v) is 0.626. The van der Waals surface area contributed by atoms with Gasteiger partial charge in [-0.05, 0) is 0 Å². The zero-order valence-corrected chi connectivity index (χ0v) is 5.42. The van der Waals surface area contributed by atoms with Crippen LogP contribution in [0.15, 0.2) is 24.3 Å². The molecule has 1 aromatic rings. The predicted octanol–water partition coefficient (Wildman–Crippen LogP) is 1.88. The lowest BCUT2D eigenvalue weighted by molar-refractivity contribution is 0.415. The highest BCUT2D eigenvalue weighted by molar-refractivity contribution is 5.28. The molecule has 0 aliphatic rings. The molecule has 0 unspecified atom stereocenters. The van der Waals surface area contributed by atoms with E-state index in [1.165, 1.54) is 0 Å². The van der Waals surface area contributed by atoms with Gasteiger partial charge in [-0.1, -0.05) is 12.1 Å². The summed E-state index contributed by atoms with van der Waals surface area (Å²) in [5.41, 5.74) is 1.01. The van der Waals surface area contributed by atoms with Crippen molar-refractivity contribution in [1.82, 2.24) is 0 Å². The van der Waals surface area contributed by atoms with Crippen LogP contribution >= 0.6 is 0 Å². The number of methoxy groups -OCH3 is 1. The van der Waals surface area contributed by atoms with Crippen molar-refractivity contribution in [2.24, 2.45) is 0 Å². The first-order valence-electron chi connectivity index (χ1n) is 2.79. The summed E-state index contributed by atoms with van der Waals surface area (Å²) < 4.78 is 4.94. The first-order valence-corrected chi connectivity index (χ1v) is 2.79. The van der Waals surface area contributed by atoms with Gasteiger partial charge in [0.25, 0.3) is 0 Å². The quantitative estimate of drug-likeness (QED) is 0.515. The maximum atomic E-state index is 4.94. The second-order valence-electron chi connectivity index (χ2n) is 1.85. The topological polar surface area (TPSA) is 9.23 Å². The molecule has 0 heterocycles. The molecule has 0 saturated carbocycles. The summed E-state index contributed by atoms with van der Waals surface area (Å²) in [6.45, 7) is 3.74. The van der Waals surface area contributed by atoms with Gasteiger partial charge in [0, 0.05) is 0 Å². The zero-order valence-electron chi connectivity index (χ0n) is 5.42. The Bertz CT molecular complexity index is 176. The van der Waals surface area contributed by atoms with Crippen molar-refractivity contribution in [2.45, 2.75) is 0 Å². The normalized spacial score (nSPS) is 9.00. The van der Waals surface area contributed by atoms with Crippen molar-refractivity contribution in [2.75, 3.05) is 7.11 Å². The number of hydrogen-bond donors (Lipinski definition) is 0. The molecule has 0 N–H and O–H groups in total. The molecule has 0 aliphatic carbocycles. The molecule has 0 saturated heterocycles.